The lowest BCUT2D eigenvalue weighted by Gasteiger charge is -2.36. The first-order valence-electron chi connectivity index (χ1n) is 9.53. The van der Waals surface area contributed by atoms with Crippen LogP contribution >= 0.6 is 0 Å². The Bertz CT molecular complexity index is 785. The molecule has 144 valence electrons. The van der Waals surface area contributed by atoms with Crippen molar-refractivity contribution in [2.24, 2.45) is 5.92 Å². The van der Waals surface area contributed by atoms with E-state index in [1.807, 2.05) is 9.80 Å². The normalized spacial score (nSPS) is 19.4. The second-order valence-electron chi connectivity index (χ2n) is 7.30. The van der Waals surface area contributed by atoms with Gasteiger partial charge in [0.05, 0.1) is 6.26 Å². The van der Waals surface area contributed by atoms with Crippen molar-refractivity contribution in [3.63, 3.8) is 0 Å². The molecule has 4 heterocycles. The predicted octanol–water partition coefficient (Wildman–Crippen LogP) is 2.29. The summed E-state index contributed by atoms with van der Waals surface area (Å²) in [5.74, 6) is 2.09. The Labute approximate surface area is 157 Å². The zero-order valence-corrected chi connectivity index (χ0v) is 15.5. The average Bonchev–Trinajstić information content (AvgIpc) is 3.39. The number of furan rings is 1. The maximum atomic E-state index is 12.8. The SMILES string of the molecule is CC(=O)N1CCC(C(=O)N2CCC(c3nnc(-c4ccco4)o3)CC2)CC1. The second-order valence-corrected chi connectivity index (χ2v) is 7.30. The number of piperidine rings is 2. The molecule has 2 fully saturated rings. The minimum atomic E-state index is 0.0334. The van der Waals surface area contributed by atoms with Gasteiger partial charge in [-0.2, -0.15) is 0 Å². The van der Waals surface area contributed by atoms with Crippen LogP contribution in [0, 0.1) is 5.92 Å². The molecule has 2 aromatic heterocycles. The first-order chi connectivity index (χ1) is 13.1. The summed E-state index contributed by atoms with van der Waals surface area (Å²) in [6, 6.07) is 3.57. The molecule has 2 amide bonds. The highest BCUT2D eigenvalue weighted by molar-refractivity contribution is 5.79. The summed E-state index contributed by atoms with van der Waals surface area (Å²) in [6.07, 6.45) is 4.73. The Hall–Kier alpha value is -2.64. The van der Waals surface area contributed by atoms with Crippen molar-refractivity contribution in [1.29, 1.82) is 0 Å². The van der Waals surface area contributed by atoms with Crippen molar-refractivity contribution >= 4 is 11.8 Å². The second kappa shape index (κ2) is 7.54. The molecule has 2 aromatic rings. The third-order valence-electron chi connectivity index (χ3n) is 5.62. The zero-order valence-electron chi connectivity index (χ0n) is 15.5. The van der Waals surface area contributed by atoms with Gasteiger partial charge >= 0.3 is 0 Å². The highest BCUT2D eigenvalue weighted by Gasteiger charge is 2.33. The summed E-state index contributed by atoms with van der Waals surface area (Å²) < 4.78 is 11.0. The Kier molecular flexibility index (Phi) is 4.96. The van der Waals surface area contributed by atoms with Gasteiger partial charge in [0.2, 0.25) is 17.7 Å². The molecule has 0 radical (unpaired) electrons. The molecule has 2 saturated heterocycles. The molecule has 0 spiro atoms. The van der Waals surface area contributed by atoms with Crippen molar-refractivity contribution in [1.82, 2.24) is 20.0 Å². The summed E-state index contributed by atoms with van der Waals surface area (Å²) >= 11 is 0. The van der Waals surface area contributed by atoms with Crippen LogP contribution in [0.25, 0.3) is 11.7 Å². The molecule has 27 heavy (non-hydrogen) atoms. The van der Waals surface area contributed by atoms with Crippen LogP contribution in [0.15, 0.2) is 27.2 Å². The molecule has 0 aromatic carbocycles. The summed E-state index contributed by atoms with van der Waals surface area (Å²) in [6.45, 7) is 4.35. The van der Waals surface area contributed by atoms with E-state index in [1.54, 1.807) is 25.3 Å². The van der Waals surface area contributed by atoms with Crippen LogP contribution in [0.5, 0.6) is 0 Å². The van der Waals surface area contributed by atoms with E-state index in [1.165, 1.54) is 0 Å². The molecule has 0 atom stereocenters. The molecule has 2 aliphatic rings. The van der Waals surface area contributed by atoms with Gasteiger partial charge in [0.15, 0.2) is 5.76 Å². The quantitative estimate of drug-likeness (QED) is 0.821. The smallest absolute Gasteiger partial charge is 0.283 e. The Morgan fingerprint density at radius 1 is 1.04 bits per heavy atom. The molecule has 0 aliphatic carbocycles. The van der Waals surface area contributed by atoms with Crippen LogP contribution in [0.3, 0.4) is 0 Å². The number of hydrogen-bond donors (Lipinski definition) is 0. The van der Waals surface area contributed by atoms with E-state index in [2.05, 4.69) is 10.2 Å². The first-order valence-corrected chi connectivity index (χ1v) is 9.53. The summed E-state index contributed by atoms with van der Waals surface area (Å²) in [4.78, 5) is 28.0. The lowest BCUT2D eigenvalue weighted by Crippen LogP contribution is -2.46. The minimum Gasteiger partial charge on any atom is -0.459 e. The van der Waals surface area contributed by atoms with Crippen LogP contribution < -0.4 is 0 Å². The summed E-state index contributed by atoms with van der Waals surface area (Å²) in [7, 11) is 0. The van der Waals surface area contributed by atoms with Crippen LogP contribution in [-0.4, -0.2) is 58.0 Å². The Morgan fingerprint density at radius 2 is 1.74 bits per heavy atom. The number of nitrogens with zero attached hydrogens (tertiary/aromatic N) is 4. The van der Waals surface area contributed by atoms with Gasteiger partial charge < -0.3 is 18.6 Å². The van der Waals surface area contributed by atoms with Crippen molar-refractivity contribution in [2.75, 3.05) is 26.2 Å². The molecule has 2 aliphatic heterocycles. The molecular formula is C19H24N4O4. The number of aromatic nitrogens is 2. The van der Waals surface area contributed by atoms with E-state index < -0.39 is 0 Å². The number of carbonyl (C=O) groups is 2. The summed E-state index contributed by atoms with van der Waals surface area (Å²) in [5, 5.41) is 8.22. The van der Waals surface area contributed by atoms with Crippen LogP contribution in [0.1, 0.15) is 44.4 Å². The van der Waals surface area contributed by atoms with Crippen molar-refractivity contribution in [3.05, 3.63) is 24.3 Å². The number of rotatable bonds is 3. The maximum absolute atomic E-state index is 12.8. The molecule has 0 bridgehead atoms. The van der Waals surface area contributed by atoms with E-state index in [0.29, 0.717) is 43.7 Å². The van der Waals surface area contributed by atoms with E-state index >= 15 is 0 Å². The van der Waals surface area contributed by atoms with E-state index in [4.69, 9.17) is 8.83 Å². The number of carbonyl (C=O) groups excluding carboxylic acids is 2. The number of hydrogen-bond acceptors (Lipinski definition) is 6. The summed E-state index contributed by atoms with van der Waals surface area (Å²) in [5.41, 5.74) is 0. The molecule has 4 rings (SSSR count). The highest BCUT2D eigenvalue weighted by atomic mass is 16.4. The molecule has 0 N–H and O–H groups in total. The van der Waals surface area contributed by atoms with Gasteiger partial charge in [-0.1, -0.05) is 0 Å². The van der Waals surface area contributed by atoms with Crippen molar-refractivity contribution in [2.45, 2.75) is 38.5 Å². The van der Waals surface area contributed by atoms with Gasteiger partial charge in [-0.25, -0.2) is 0 Å². The largest absolute Gasteiger partial charge is 0.459 e. The number of amides is 2. The highest BCUT2D eigenvalue weighted by Crippen LogP contribution is 2.31. The fourth-order valence-corrected chi connectivity index (χ4v) is 3.95. The van der Waals surface area contributed by atoms with Crippen LogP contribution in [-0.2, 0) is 9.59 Å². The maximum Gasteiger partial charge on any atom is 0.283 e. The standard InChI is InChI=1S/C19H24N4O4/c1-13(24)22-8-6-15(7-9-22)19(25)23-10-4-14(5-11-23)17-20-21-18(27-17)16-3-2-12-26-16/h2-3,12,14-15H,4-11H2,1H3. The topological polar surface area (TPSA) is 92.7 Å². The van der Waals surface area contributed by atoms with Gasteiger partial charge in [0.25, 0.3) is 5.89 Å². The number of likely N-dealkylation sites (tertiary alicyclic amines) is 2. The third kappa shape index (κ3) is 3.74. The molecule has 8 nitrogen and oxygen atoms in total. The van der Waals surface area contributed by atoms with E-state index in [-0.39, 0.29) is 23.7 Å². The molecule has 0 unspecified atom stereocenters. The van der Waals surface area contributed by atoms with Gasteiger partial charge in [0.1, 0.15) is 0 Å². The zero-order chi connectivity index (χ0) is 18.8. The predicted molar refractivity (Wildman–Crippen MR) is 95.5 cm³/mol. The van der Waals surface area contributed by atoms with Gasteiger partial charge in [-0.15, -0.1) is 10.2 Å². The first kappa shape index (κ1) is 17.8. The Balaban J connectivity index is 1.30. The fraction of sp³-hybridized carbons (Fsp3) is 0.579. The van der Waals surface area contributed by atoms with Crippen molar-refractivity contribution < 1.29 is 18.4 Å². The van der Waals surface area contributed by atoms with E-state index in [0.717, 1.165) is 25.7 Å². The molecule has 8 heteroatoms. The van der Waals surface area contributed by atoms with Gasteiger partial charge in [-0.3, -0.25) is 9.59 Å². The molecule has 0 saturated carbocycles. The molecular weight excluding hydrogens is 348 g/mol. The van der Waals surface area contributed by atoms with Gasteiger partial charge in [-0.05, 0) is 37.8 Å². The third-order valence-corrected chi connectivity index (χ3v) is 5.62. The van der Waals surface area contributed by atoms with Crippen molar-refractivity contribution in [3.8, 4) is 11.7 Å². The van der Waals surface area contributed by atoms with E-state index in [9.17, 15) is 9.59 Å². The fourth-order valence-electron chi connectivity index (χ4n) is 3.95. The monoisotopic (exact) mass is 372 g/mol. The minimum absolute atomic E-state index is 0.0334. The van der Waals surface area contributed by atoms with Crippen LogP contribution in [0.4, 0.5) is 0 Å². The average molecular weight is 372 g/mol. The van der Waals surface area contributed by atoms with Crippen LogP contribution in [0.2, 0.25) is 0 Å². The Morgan fingerprint density at radius 3 is 2.37 bits per heavy atom. The van der Waals surface area contributed by atoms with Gasteiger partial charge in [0, 0.05) is 44.9 Å². The lowest BCUT2D eigenvalue weighted by atomic mass is 9.92. The lowest BCUT2D eigenvalue weighted by molar-refractivity contribution is -0.141.